The van der Waals surface area contributed by atoms with Gasteiger partial charge in [0.05, 0.1) is 7.11 Å². The maximum absolute atomic E-state index is 12.9. The van der Waals surface area contributed by atoms with Gasteiger partial charge in [0, 0.05) is 12.1 Å². The van der Waals surface area contributed by atoms with Crippen LogP contribution in [0.3, 0.4) is 0 Å². The highest BCUT2D eigenvalue weighted by Crippen LogP contribution is 2.31. The molecule has 0 saturated carbocycles. The maximum atomic E-state index is 12.9. The van der Waals surface area contributed by atoms with E-state index in [1.165, 1.54) is 12.1 Å². The van der Waals surface area contributed by atoms with E-state index < -0.39 is 0 Å². The zero-order valence-corrected chi connectivity index (χ0v) is 11.7. The van der Waals surface area contributed by atoms with E-state index in [-0.39, 0.29) is 5.82 Å². The first-order valence-corrected chi connectivity index (χ1v) is 6.42. The van der Waals surface area contributed by atoms with Gasteiger partial charge in [-0.3, -0.25) is 0 Å². The second-order valence-electron chi connectivity index (χ2n) is 4.39. The third-order valence-corrected chi connectivity index (χ3v) is 2.94. The van der Waals surface area contributed by atoms with Crippen molar-refractivity contribution >= 4 is 0 Å². The lowest BCUT2D eigenvalue weighted by molar-refractivity contribution is 0.281. The molecule has 0 radical (unpaired) electrons. The molecule has 1 N–H and O–H groups in total. The zero-order chi connectivity index (χ0) is 14.4. The van der Waals surface area contributed by atoms with Gasteiger partial charge in [-0.2, -0.15) is 0 Å². The number of nitrogens with one attached hydrogen (secondary N) is 1. The number of benzene rings is 2. The fourth-order valence-corrected chi connectivity index (χ4v) is 1.95. The molecule has 0 aliphatic rings. The van der Waals surface area contributed by atoms with Crippen LogP contribution in [0.5, 0.6) is 11.5 Å². The Hall–Kier alpha value is -2.07. The molecule has 2 aromatic rings. The van der Waals surface area contributed by atoms with Gasteiger partial charge < -0.3 is 14.8 Å². The largest absolute Gasteiger partial charge is 0.493 e. The first-order valence-electron chi connectivity index (χ1n) is 6.42. The summed E-state index contributed by atoms with van der Waals surface area (Å²) in [7, 11) is 3.49. The van der Waals surface area contributed by atoms with Crippen molar-refractivity contribution in [2.24, 2.45) is 0 Å². The molecule has 0 heterocycles. The molecule has 0 fully saturated rings. The van der Waals surface area contributed by atoms with Crippen LogP contribution in [-0.4, -0.2) is 14.2 Å². The maximum Gasteiger partial charge on any atom is 0.166 e. The molecule has 0 atom stereocenters. The normalized spacial score (nSPS) is 10.3. The van der Waals surface area contributed by atoms with Crippen molar-refractivity contribution in [3.8, 4) is 11.5 Å². The minimum absolute atomic E-state index is 0.248. The second kappa shape index (κ2) is 6.91. The summed E-state index contributed by atoms with van der Waals surface area (Å²) in [4.78, 5) is 0. The number of hydrogen-bond donors (Lipinski definition) is 1. The van der Waals surface area contributed by atoms with Gasteiger partial charge in [0.25, 0.3) is 0 Å². The molecule has 0 aliphatic heterocycles. The average Bonchev–Trinajstić information content (AvgIpc) is 2.47. The Morgan fingerprint density at radius 3 is 2.50 bits per heavy atom. The first-order chi connectivity index (χ1) is 9.74. The Labute approximate surface area is 118 Å². The van der Waals surface area contributed by atoms with Crippen LogP contribution in [0.1, 0.15) is 11.1 Å². The van der Waals surface area contributed by atoms with E-state index in [0.717, 1.165) is 11.1 Å². The molecule has 0 aromatic heterocycles. The van der Waals surface area contributed by atoms with Crippen molar-refractivity contribution in [3.63, 3.8) is 0 Å². The number of rotatable bonds is 6. The lowest BCUT2D eigenvalue weighted by atomic mass is 10.1. The predicted octanol–water partition coefficient (Wildman–Crippen LogP) is 3.13. The van der Waals surface area contributed by atoms with Crippen molar-refractivity contribution in [1.29, 1.82) is 0 Å². The van der Waals surface area contributed by atoms with Crippen molar-refractivity contribution in [3.05, 3.63) is 59.4 Å². The van der Waals surface area contributed by atoms with Gasteiger partial charge in [0.1, 0.15) is 12.4 Å². The van der Waals surface area contributed by atoms with Crippen LogP contribution < -0.4 is 14.8 Å². The van der Waals surface area contributed by atoms with E-state index in [9.17, 15) is 4.39 Å². The van der Waals surface area contributed by atoms with E-state index in [2.05, 4.69) is 5.32 Å². The lowest BCUT2D eigenvalue weighted by Crippen LogP contribution is -2.08. The Balaban J connectivity index is 2.16. The van der Waals surface area contributed by atoms with Crippen LogP contribution in [0.25, 0.3) is 0 Å². The van der Waals surface area contributed by atoms with Gasteiger partial charge in [0.15, 0.2) is 11.5 Å². The van der Waals surface area contributed by atoms with Gasteiger partial charge in [-0.1, -0.05) is 24.3 Å². The molecule has 3 nitrogen and oxygen atoms in total. The first kappa shape index (κ1) is 14.3. The molecule has 0 aliphatic carbocycles. The third-order valence-electron chi connectivity index (χ3n) is 2.94. The lowest BCUT2D eigenvalue weighted by Gasteiger charge is -2.15. The summed E-state index contributed by atoms with van der Waals surface area (Å²) in [6.45, 7) is 1.06. The molecule has 0 saturated heterocycles. The molecule has 0 amide bonds. The minimum Gasteiger partial charge on any atom is -0.493 e. The molecule has 0 unspecified atom stereocenters. The topological polar surface area (TPSA) is 30.5 Å². The Morgan fingerprint density at radius 2 is 1.85 bits per heavy atom. The van der Waals surface area contributed by atoms with E-state index in [0.29, 0.717) is 24.7 Å². The Kier molecular flexibility index (Phi) is 4.96. The van der Waals surface area contributed by atoms with Crippen LogP contribution >= 0.6 is 0 Å². The monoisotopic (exact) mass is 275 g/mol. The highest BCUT2D eigenvalue weighted by atomic mass is 19.1. The third kappa shape index (κ3) is 3.48. The molecular formula is C16H18FNO2. The fraction of sp³-hybridized carbons (Fsp3) is 0.250. The molecule has 2 aromatic carbocycles. The van der Waals surface area contributed by atoms with Gasteiger partial charge in [-0.25, -0.2) is 4.39 Å². The fourth-order valence-electron chi connectivity index (χ4n) is 1.95. The molecular weight excluding hydrogens is 257 g/mol. The second-order valence-corrected chi connectivity index (χ2v) is 4.39. The number of ether oxygens (including phenoxy) is 2. The number of halogens is 1. The summed E-state index contributed by atoms with van der Waals surface area (Å²) in [5.41, 5.74) is 1.93. The van der Waals surface area contributed by atoms with Gasteiger partial charge in [0.2, 0.25) is 0 Å². The number of hydrogen-bond acceptors (Lipinski definition) is 3. The average molecular weight is 275 g/mol. The summed E-state index contributed by atoms with van der Waals surface area (Å²) in [6.07, 6.45) is 0. The zero-order valence-electron chi connectivity index (χ0n) is 11.7. The molecule has 2 rings (SSSR count). The van der Waals surface area contributed by atoms with Gasteiger partial charge in [-0.05, 0) is 30.8 Å². The summed E-state index contributed by atoms with van der Waals surface area (Å²) in [6, 6.07) is 12.0. The SMILES string of the molecule is CNCc1cccc(OC)c1OCc1ccc(F)cc1. The predicted molar refractivity (Wildman–Crippen MR) is 76.5 cm³/mol. The summed E-state index contributed by atoms with van der Waals surface area (Å²) in [5.74, 6) is 1.16. The molecule has 0 bridgehead atoms. The number of methoxy groups -OCH3 is 1. The quantitative estimate of drug-likeness (QED) is 0.878. The molecule has 0 spiro atoms. The summed E-state index contributed by atoms with van der Waals surface area (Å²) >= 11 is 0. The Bertz CT molecular complexity index is 555. The standard InChI is InChI=1S/C16H18FNO2/c1-18-10-13-4-3-5-15(19-2)16(13)20-11-12-6-8-14(17)9-7-12/h3-9,18H,10-11H2,1-2H3. The highest BCUT2D eigenvalue weighted by Gasteiger charge is 2.10. The van der Waals surface area contributed by atoms with E-state index in [1.54, 1.807) is 19.2 Å². The van der Waals surface area contributed by atoms with Crippen LogP contribution in [-0.2, 0) is 13.2 Å². The molecule has 20 heavy (non-hydrogen) atoms. The Morgan fingerprint density at radius 1 is 1.10 bits per heavy atom. The van der Waals surface area contributed by atoms with Crippen LogP contribution in [0.15, 0.2) is 42.5 Å². The van der Waals surface area contributed by atoms with Crippen LogP contribution in [0, 0.1) is 5.82 Å². The van der Waals surface area contributed by atoms with Crippen molar-refractivity contribution < 1.29 is 13.9 Å². The van der Waals surface area contributed by atoms with E-state index in [4.69, 9.17) is 9.47 Å². The molecule has 4 heteroatoms. The van der Waals surface area contributed by atoms with Crippen molar-refractivity contribution in [2.45, 2.75) is 13.2 Å². The van der Waals surface area contributed by atoms with Crippen LogP contribution in [0.2, 0.25) is 0 Å². The van der Waals surface area contributed by atoms with E-state index in [1.807, 2.05) is 25.2 Å². The van der Waals surface area contributed by atoms with Gasteiger partial charge in [-0.15, -0.1) is 0 Å². The number of para-hydroxylation sites is 1. The van der Waals surface area contributed by atoms with Crippen molar-refractivity contribution in [2.75, 3.05) is 14.2 Å². The van der Waals surface area contributed by atoms with E-state index >= 15 is 0 Å². The van der Waals surface area contributed by atoms with Gasteiger partial charge >= 0.3 is 0 Å². The smallest absolute Gasteiger partial charge is 0.166 e. The minimum atomic E-state index is -0.248. The van der Waals surface area contributed by atoms with Crippen LogP contribution in [0.4, 0.5) is 4.39 Å². The summed E-state index contributed by atoms with van der Waals surface area (Å²) < 4.78 is 24.0. The summed E-state index contributed by atoms with van der Waals surface area (Å²) in [5, 5.41) is 3.10. The highest BCUT2D eigenvalue weighted by molar-refractivity contribution is 5.46. The molecule has 106 valence electrons. The van der Waals surface area contributed by atoms with Crippen molar-refractivity contribution in [1.82, 2.24) is 5.32 Å².